The van der Waals surface area contributed by atoms with Crippen molar-refractivity contribution in [2.45, 2.75) is 44.5 Å². The number of nitrogens with zero attached hydrogens (tertiary/aromatic N) is 2. The normalized spacial score (nSPS) is 26.8. The van der Waals surface area contributed by atoms with Crippen molar-refractivity contribution in [1.82, 2.24) is 4.98 Å². The molecule has 2 heterocycles. The molecular weight excluding hydrogens is 236 g/mol. The molecule has 1 N–H and O–H groups in total. The van der Waals surface area contributed by atoms with E-state index in [4.69, 9.17) is 4.74 Å². The van der Waals surface area contributed by atoms with Crippen molar-refractivity contribution in [3.8, 4) is 0 Å². The van der Waals surface area contributed by atoms with Crippen LogP contribution >= 0.6 is 0 Å². The summed E-state index contributed by atoms with van der Waals surface area (Å²) in [6.45, 7) is 3.74. The largest absolute Gasteiger partial charge is 0.393 e. The Bertz CT molecular complexity index is 461. The van der Waals surface area contributed by atoms with E-state index in [-0.39, 0.29) is 5.69 Å². The fourth-order valence-corrected chi connectivity index (χ4v) is 2.39. The van der Waals surface area contributed by atoms with Crippen LogP contribution in [0.2, 0.25) is 0 Å². The number of rotatable bonds is 2. The van der Waals surface area contributed by atoms with Crippen molar-refractivity contribution < 1.29 is 14.8 Å². The van der Waals surface area contributed by atoms with E-state index < -0.39 is 22.7 Å². The van der Waals surface area contributed by atoms with Crippen LogP contribution in [0.4, 0.5) is 5.69 Å². The molecule has 2 rings (SSSR count). The lowest BCUT2D eigenvalue weighted by molar-refractivity contribution is -0.386. The summed E-state index contributed by atoms with van der Waals surface area (Å²) in [6.07, 6.45) is 2.64. The number of aromatic nitrogens is 1. The molecule has 6 heteroatoms. The van der Waals surface area contributed by atoms with Crippen LogP contribution in [0.25, 0.3) is 0 Å². The number of hydrogen-bond donors (Lipinski definition) is 1. The van der Waals surface area contributed by atoms with E-state index >= 15 is 0 Å². The number of aliphatic hydroxyl groups is 1. The molecule has 1 aromatic rings. The predicted molar refractivity (Wildman–Crippen MR) is 64.0 cm³/mol. The smallest absolute Gasteiger partial charge is 0.293 e. The molecule has 18 heavy (non-hydrogen) atoms. The fourth-order valence-electron chi connectivity index (χ4n) is 2.39. The molecule has 98 valence electrons. The summed E-state index contributed by atoms with van der Waals surface area (Å²) in [4.78, 5) is 14.2. The third kappa shape index (κ3) is 2.65. The molecular formula is C12H16N2O4. The Kier molecular flexibility index (Phi) is 3.32. The van der Waals surface area contributed by atoms with Crippen molar-refractivity contribution in [1.29, 1.82) is 0 Å². The van der Waals surface area contributed by atoms with Crippen LogP contribution in [-0.2, 0) is 4.74 Å². The summed E-state index contributed by atoms with van der Waals surface area (Å²) in [6, 6.07) is 1.58. The lowest BCUT2D eigenvalue weighted by atomic mass is 9.90. The van der Waals surface area contributed by atoms with Gasteiger partial charge < -0.3 is 9.84 Å². The fraction of sp³-hybridized carbons (Fsp3) is 0.583. The van der Waals surface area contributed by atoms with Crippen LogP contribution in [0.15, 0.2) is 18.5 Å². The first-order chi connectivity index (χ1) is 8.39. The molecule has 1 aliphatic heterocycles. The van der Waals surface area contributed by atoms with E-state index in [1.807, 2.05) is 13.8 Å². The summed E-state index contributed by atoms with van der Waals surface area (Å²) < 4.78 is 5.83. The third-order valence-electron chi connectivity index (χ3n) is 3.05. The van der Waals surface area contributed by atoms with Gasteiger partial charge in [0, 0.05) is 19.0 Å². The highest BCUT2D eigenvalue weighted by molar-refractivity contribution is 5.38. The Morgan fingerprint density at radius 1 is 1.61 bits per heavy atom. The van der Waals surface area contributed by atoms with Crippen LogP contribution in [0, 0.1) is 10.1 Å². The molecule has 1 saturated heterocycles. The zero-order chi connectivity index (χ0) is 13.3. The molecule has 1 fully saturated rings. The molecule has 0 spiro atoms. The van der Waals surface area contributed by atoms with Crippen LogP contribution in [-0.4, -0.2) is 26.7 Å². The van der Waals surface area contributed by atoms with Gasteiger partial charge in [0.05, 0.1) is 28.3 Å². The Morgan fingerprint density at radius 3 is 2.94 bits per heavy atom. The van der Waals surface area contributed by atoms with Gasteiger partial charge in [0.15, 0.2) is 0 Å². The maximum Gasteiger partial charge on any atom is 0.293 e. The Hall–Kier alpha value is -1.53. The highest BCUT2D eigenvalue weighted by Crippen LogP contribution is 2.39. The second-order valence-corrected chi connectivity index (χ2v) is 5.15. The molecule has 0 radical (unpaired) electrons. The SMILES string of the molecule is CC1(C)CC(O)CC(c2ccncc2[N+](=O)[O-])O1. The average molecular weight is 252 g/mol. The van der Waals surface area contributed by atoms with Gasteiger partial charge in [-0.25, -0.2) is 0 Å². The molecule has 0 saturated carbocycles. The monoisotopic (exact) mass is 252 g/mol. The minimum atomic E-state index is -0.508. The third-order valence-corrected chi connectivity index (χ3v) is 3.05. The number of pyridine rings is 1. The van der Waals surface area contributed by atoms with Crippen molar-refractivity contribution in [3.05, 3.63) is 34.1 Å². The highest BCUT2D eigenvalue weighted by Gasteiger charge is 2.37. The van der Waals surface area contributed by atoms with Gasteiger partial charge in [0.1, 0.15) is 6.20 Å². The quantitative estimate of drug-likeness (QED) is 0.642. The molecule has 1 aromatic heterocycles. The molecule has 6 nitrogen and oxygen atoms in total. The van der Waals surface area contributed by atoms with E-state index in [1.165, 1.54) is 12.4 Å². The van der Waals surface area contributed by atoms with E-state index in [2.05, 4.69) is 4.98 Å². The van der Waals surface area contributed by atoms with Gasteiger partial charge in [0.25, 0.3) is 5.69 Å². The second-order valence-electron chi connectivity index (χ2n) is 5.15. The van der Waals surface area contributed by atoms with Gasteiger partial charge in [-0.2, -0.15) is 0 Å². The Labute approximate surface area is 105 Å². The molecule has 0 bridgehead atoms. The minimum absolute atomic E-state index is 0.0626. The number of hydrogen-bond acceptors (Lipinski definition) is 5. The summed E-state index contributed by atoms with van der Waals surface area (Å²) >= 11 is 0. The van der Waals surface area contributed by atoms with Crippen LogP contribution < -0.4 is 0 Å². The summed E-state index contributed by atoms with van der Waals surface area (Å²) in [5, 5.41) is 20.8. The Morgan fingerprint density at radius 2 is 2.33 bits per heavy atom. The summed E-state index contributed by atoms with van der Waals surface area (Å²) in [5.41, 5.74) is -0.0753. The molecule has 0 aliphatic carbocycles. The van der Waals surface area contributed by atoms with Gasteiger partial charge in [-0.05, 0) is 19.9 Å². The highest BCUT2D eigenvalue weighted by atomic mass is 16.6. The van der Waals surface area contributed by atoms with E-state index in [9.17, 15) is 15.2 Å². The number of nitro groups is 1. The van der Waals surface area contributed by atoms with E-state index in [0.717, 1.165) is 0 Å². The zero-order valence-corrected chi connectivity index (χ0v) is 10.4. The van der Waals surface area contributed by atoms with Gasteiger partial charge >= 0.3 is 0 Å². The van der Waals surface area contributed by atoms with Crippen molar-refractivity contribution >= 4 is 5.69 Å². The summed E-state index contributed by atoms with van der Waals surface area (Å²) in [5.74, 6) is 0. The molecule has 0 amide bonds. The second kappa shape index (κ2) is 4.62. The van der Waals surface area contributed by atoms with Crippen molar-refractivity contribution in [3.63, 3.8) is 0 Å². The molecule has 2 atom stereocenters. The topological polar surface area (TPSA) is 85.5 Å². The minimum Gasteiger partial charge on any atom is -0.393 e. The van der Waals surface area contributed by atoms with Gasteiger partial charge in [0.2, 0.25) is 0 Å². The number of ether oxygens (including phenoxy) is 1. The molecule has 0 aromatic carbocycles. The molecule has 2 unspecified atom stereocenters. The first kappa shape index (κ1) is 12.9. The predicted octanol–water partition coefficient (Wildman–Crippen LogP) is 1.98. The lowest BCUT2D eigenvalue weighted by Gasteiger charge is -2.38. The van der Waals surface area contributed by atoms with Gasteiger partial charge in [-0.15, -0.1) is 0 Å². The van der Waals surface area contributed by atoms with Gasteiger partial charge in [-0.1, -0.05) is 0 Å². The standard InChI is InChI=1S/C12H16N2O4/c1-12(2)6-8(15)5-11(18-12)9-3-4-13-7-10(9)14(16)17/h3-4,7-8,11,15H,5-6H2,1-2H3. The average Bonchev–Trinajstić information content (AvgIpc) is 2.26. The lowest BCUT2D eigenvalue weighted by Crippen LogP contribution is -2.38. The van der Waals surface area contributed by atoms with Crippen molar-refractivity contribution in [2.75, 3.05) is 0 Å². The van der Waals surface area contributed by atoms with E-state index in [1.54, 1.807) is 6.07 Å². The maximum atomic E-state index is 11.0. The molecule has 1 aliphatic rings. The van der Waals surface area contributed by atoms with Crippen LogP contribution in [0.1, 0.15) is 38.4 Å². The first-order valence-electron chi connectivity index (χ1n) is 5.83. The maximum absolute atomic E-state index is 11.0. The van der Waals surface area contributed by atoms with E-state index in [0.29, 0.717) is 18.4 Å². The van der Waals surface area contributed by atoms with Crippen LogP contribution in [0.3, 0.4) is 0 Å². The zero-order valence-electron chi connectivity index (χ0n) is 10.4. The van der Waals surface area contributed by atoms with Crippen LogP contribution in [0.5, 0.6) is 0 Å². The van der Waals surface area contributed by atoms with Gasteiger partial charge in [-0.3, -0.25) is 15.1 Å². The Balaban J connectivity index is 2.34. The number of aliphatic hydroxyl groups excluding tert-OH is 1. The first-order valence-corrected chi connectivity index (χ1v) is 5.83. The van der Waals surface area contributed by atoms with Crippen molar-refractivity contribution in [2.24, 2.45) is 0 Å². The summed E-state index contributed by atoms with van der Waals surface area (Å²) in [7, 11) is 0.